The summed E-state index contributed by atoms with van der Waals surface area (Å²) >= 11 is 0. The van der Waals surface area contributed by atoms with Crippen LogP contribution in [0.3, 0.4) is 0 Å². The maximum Gasteiger partial charge on any atom is 0.0159 e. The van der Waals surface area contributed by atoms with E-state index in [1.54, 1.807) is 0 Å². The lowest BCUT2D eigenvalue weighted by molar-refractivity contribution is 0.660. The van der Waals surface area contributed by atoms with E-state index in [0.717, 1.165) is 0 Å². The average Bonchev–Trinajstić information content (AvgIpc) is 3.51. The Bertz CT molecular complexity index is 2200. The summed E-state index contributed by atoms with van der Waals surface area (Å²) in [5.74, 6) is 0. The van der Waals surface area contributed by atoms with E-state index in [4.69, 9.17) is 0 Å². The van der Waals surface area contributed by atoms with Gasteiger partial charge < -0.3 is 0 Å². The molecule has 0 spiro atoms. The van der Waals surface area contributed by atoms with Gasteiger partial charge in [-0.1, -0.05) is 153 Å². The molecule has 0 atom stereocenters. The third-order valence-corrected chi connectivity index (χ3v) is 9.88. The van der Waals surface area contributed by atoms with Crippen LogP contribution in [0, 0.1) is 0 Å². The Morgan fingerprint density at radius 2 is 0.791 bits per heavy atom. The first-order valence-corrected chi connectivity index (χ1v) is 15.2. The molecule has 9 rings (SSSR count). The monoisotopic (exact) mass is 546 g/mol. The van der Waals surface area contributed by atoms with Gasteiger partial charge in [0.15, 0.2) is 0 Å². The Balaban J connectivity index is 1.03. The van der Waals surface area contributed by atoms with Gasteiger partial charge in [-0.05, 0) is 94.7 Å². The molecule has 0 saturated heterocycles. The van der Waals surface area contributed by atoms with Gasteiger partial charge in [-0.25, -0.2) is 0 Å². The van der Waals surface area contributed by atoms with Crippen molar-refractivity contribution in [3.63, 3.8) is 0 Å². The molecular formula is C43H30. The predicted octanol–water partition coefficient (Wildman–Crippen LogP) is 11.8. The Kier molecular flexibility index (Phi) is 5.05. The Hall–Kier alpha value is -5.20. The van der Waals surface area contributed by atoms with Crippen molar-refractivity contribution in [3.8, 4) is 66.8 Å². The van der Waals surface area contributed by atoms with Gasteiger partial charge in [0.25, 0.3) is 0 Å². The van der Waals surface area contributed by atoms with E-state index in [9.17, 15) is 0 Å². The smallest absolute Gasteiger partial charge is 0.0159 e. The summed E-state index contributed by atoms with van der Waals surface area (Å²) in [5.41, 5.74) is 18.5. The van der Waals surface area contributed by atoms with Crippen molar-refractivity contribution in [2.75, 3.05) is 0 Å². The Morgan fingerprint density at radius 3 is 1.49 bits per heavy atom. The van der Waals surface area contributed by atoms with Gasteiger partial charge >= 0.3 is 0 Å². The van der Waals surface area contributed by atoms with E-state index in [-0.39, 0.29) is 5.41 Å². The topological polar surface area (TPSA) is 0 Å². The summed E-state index contributed by atoms with van der Waals surface area (Å²) in [6.45, 7) is 4.69. The molecular weight excluding hydrogens is 516 g/mol. The molecule has 0 saturated carbocycles. The average molecular weight is 547 g/mol. The standard InChI is InChI=1S/C43H30/c1-43(2)40-13-6-5-10-35(40)36-23-22-31(26-41(36)43)29-16-14-27(15-17-29)28-18-20-30(21-19-28)32-24-25-39-34-9-4-3-8-33(34)38-12-7-11-37(32)42(38)39/h3-26H,1-2H3. The van der Waals surface area contributed by atoms with Crippen molar-refractivity contribution >= 4 is 10.8 Å². The van der Waals surface area contributed by atoms with Crippen molar-refractivity contribution in [1.29, 1.82) is 0 Å². The molecule has 2 aliphatic rings. The highest BCUT2D eigenvalue weighted by Crippen LogP contribution is 2.50. The second-order valence-electron chi connectivity index (χ2n) is 12.5. The molecule has 0 radical (unpaired) electrons. The van der Waals surface area contributed by atoms with Crippen molar-refractivity contribution in [2.45, 2.75) is 19.3 Å². The highest BCUT2D eigenvalue weighted by Gasteiger charge is 2.35. The van der Waals surface area contributed by atoms with Crippen LogP contribution in [-0.4, -0.2) is 0 Å². The molecule has 0 nitrogen and oxygen atoms in total. The first-order valence-electron chi connectivity index (χ1n) is 15.2. The third kappa shape index (κ3) is 3.50. The molecule has 0 N–H and O–H groups in total. The minimum Gasteiger partial charge on any atom is -0.0619 e. The van der Waals surface area contributed by atoms with Crippen molar-refractivity contribution in [1.82, 2.24) is 0 Å². The third-order valence-electron chi connectivity index (χ3n) is 9.88. The lowest BCUT2D eigenvalue weighted by Crippen LogP contribution is -2.14. The molecule has 0 heterocycles. The zero-order chi connectivity index (χ0) is 28.7. The minimum atomic E-state index is 0.0125. The minimum absolute atomic E-state index is 0.0125. The van der Waals surface area contributed by atoms with Crippen LogP contribution >= 0.6 is 0 Å². The van der Waals surface area contributed by atoms with Crippen molar-refractivity contribution in [2.24, 2.45) is 0 Å². The fourth-order valence-corrected chi connectivity index (χ4v) is 7.64. The molecule has 43 heavy (non-hydrogen) atoms. The number of rotatable bonds is 3. The van der Waals surface area contributed by atoms with Crippen molar-refractivity contribution < 1.29 is 0 Å². The highest BCUT2D eigenvalue weighted by atomic mass is 14.4. The summed E-state index contributed by atoms with van der Waals surface area (Å²) in [6, 6.07) is 54.0. The zero-order valence-electron chi connectivity index (χ0n) is 24.4. The van der Waals surface area contributed by atoms with Gasteiger partial charge in [-0.15, -0.1) is 0 Å². The van der Waals surface area contributed by atoms with Crippen LogP contribution in [0.25, 0.3) is 77.5 Å². The summed E-state index contributed by atoms with van der Waals surface area (Å²) in [7, 11) is 0. The lowest BCUT2D eigenvalue weighted by Gasteiger charge is -2.22. The van der Waals surface area contributed by atoms with Gasteiger partial charge in [0.05, 0.1) is 0 Å². The molecule has 0 bridgehead atoms. The number of benzene rings is 7. The van der Waals surface area contributed by atoms with Gasteiger partial charge in [-0.2, -0.15) is 0 Å². The summed E-state index contributed by atoms with van der Waals surface area (Å²) in [4.78, 5) is 0. The van der Waals surface area contributed by atoms with Gasteiger partial charge in [0.1, 0.15) is 0 Å². The molecule has 0 amide bonds. The first-order chi connectivity index (χ1) is 21.1. The molecule has 7 aromatic rings. The van der Waals surface area contributed by atoms with E-state index in [1.165, 1.54) is 88.7 Å². The van der Waals surface area contributed by atoms with Gasteiger partial charge in [0.2, 0.25) is 0 Å². The van der Waals surface area contributed by atoms with E-state index < -0.39 is 0 Å². The quantitative estimate of drug-likeness (QED) is 0.207. The number of hydrogen-bond donors (Lipinski definition) is 0. The number of hydrogen-bond acceptors (Lipinski definition) is 0. The second-order valence-corrected chi connectivity index (χ2v) is 12.5. The largest absolute Gasteiger partial charge is 0.0619 e. The van der Waals surface area contributed by atoms with Crippen LogP contribution in [0.4, 0.5) is 0 Å². The number of fused-ring (bicyclic) bond motifs is 6. The fraction of sp³-hybridized carbons (Fsp3) is 0.0698. The second kappa shape index (κ2) is 8.90. The van der Waals surface area contributed by atoms with Crippen molar-refractivity contribution in [3.05, 3.63) is 157 Å². The van der Waals surface area contributed by atoms with Gasteiger partial charge in [-0.3, -0.25) is 0 Å². The van der Waals surface area contributed by atoms with Crippen LogP contribution in [0.5, 0.6) is 0 Å². The molecule has 2 aliphatic carbocycles. The summed E-state index contributed by atoms with van der Waals surface area (Å²) in [5, 5.41) is 2.70. The lowest BCUT2D eigenvalue weighted by atomic mass is 9.81. The molecule has 7 aromatic carbocycles. The molecule has 0 fully saturated rings. The van der Waals surface area contributed by atoms with E-state index >= 15 is 0 Å². The molecule has 0 aliphatic heterocycles. The van der Waals surface area contributed by atoms with Crippen LogP contribution < -0.4 is 0 Å². The maximum atomic E-state index is 2.40. The summed E-state index contributed by atoms with van der Waals surface area (Å²) in [6.07, 6.45) is 0. The van der Waals surface area contributed by atoms with E-state index in [1.807, 2.05) is 0 Å². The zero-order valence-corrected chi connectivity index (χ0v) is 24.4. The first kappa shape index (κ1) is 24.4. The molecule has 0 heteroatoms. The molecule has 202 valence electrons. The highest BCUT2D eigenvalue weighted by molar-refractivity contribution is 6.18. The molecule has 0 aromatic heterocycles. The Morgan fingerprint density at radius 1 is 0.326 bits per heavy atom. The van der Waals surface area contributed by atoms with Gasteiger partial charge in [0, 0.05) is 5.41 Å². The molecule has 0 unspecified atom stereocenters. The van der Waals surface area contributed by atoms with Crippen LogP contribution in [0.15, 0.2) is 146 Å². The van der Waals surface area contributed by atoms with E-state index in [2.05, 4.69) is 159 Å². The van der Waals surface area contributed by atoms with Crippen LogP contribution in [0.1, 0.15) is 25.0 Å². The SMILES string of the molecule is CC1(C)c2ccccc2-c2ccc(-c3ccc(-c4ccc(-c5ccc6c7c(cccc57)-c5ccccc5-6)cc4)cc3)cc21. The normalized spacial score (nSPS) is 13.5. The maximum absolute atomic E-state index is 2.40. The Labute approximate surface area is 252 Å². The van der Waals surface area contributed by atoms with Crippen LogP contribution in [0.2, 0.25) is 0 Å². The van der Waals surface area contributed by atoms with E-state index in [0.29, 0.717) is 0 Å². The van der Waals surface area contributed by atoms with Crippen LogP contribution in [-0.2, 0) is 5.41 Å². The summed E-state index contributed by atoms with van der Waals surface area (Å²) < 4.78 is 0. The fourth-order valence-electron chi connectivity index (χ4n) is 7.64. The predicted molar refractivity (Wildman–Crippen MR) is 182 cm³/mol.